The zero-order valence-electron chi connectivity index (χ0n) is 18.4. The quantitative estimate of drug-likeness (QED) is 0.425. The van der Waals surface area contributed by atoms with Crippen LogP contribution in [-0.4, -0.2) is 26.4 Å². The van der Waals surface area contributed by atoms with Gasteiger partial charge in [-0.1, -0.05) is 36.7 Å². The van der Waals surface area contributed by atoms with Crippen molar-refractivity contribution in [2.24, 2.45) is 13.0 Å². The molecular formula is C23H24ClN5O2S2. The number of thioether (sulfide) groups is 1. The van der Waals surface area contributed by atoms with Gasteiger partial charge in [-0.2, -0.15) is 5.26 Å². The summed E-state index contributed by atoms with van der Waals surface area (Å²) >= 11 is 8.73. The highest BCUT2D eigenvalue weighted by Crippen LogP contribution is 2.40. The maximum absolute atomic E-state index is 12.6. The van der Waals surface area contributed by atoms with E-state index in [4.69, 9.17) is 16.3 Å². The van der Waals surface area contributed by atoms with Gasteiger partial charge in [-0.3, -0.25) is 4.79 Å². The van der Waals surface area contributed by atoms with Crippen molar-refractivity contribution in [2.75, 3.05) is 11.1 Å². The molecule has 1 aliphatic rings. The Bertz CT molecular complexity index is 1180. The number of hydrogen-bond donors (Lipinski definition) is 1. The Kier molecular flexibility index (Phi) is 7.58. The van der Waals surface area contributed by atoms with E-state index in [0.717, 1.165) is 31.2 Å². The number of hydrogen-bond acceptors (Lipinski definition) is 7. The molecule has 7 nitrogen and oxygen atoms in total. The molecule has 1 aliphatic carbocycles. The lowest BCUT2D eigenvalue weighted by atomic mass is 9.86. The molecule has 0 fully saturated rings. The first kappa shape index (κ1) is 23.6. The standard InChI is InChI=1S/C23H24ClN5O2S2/c1-3-14-4-9-17-18(11-25)22(33-19(17)10-14)26-21(30)13-32-23-28-27-20(29(23)2)12-31-16-7-5-15(24)6-8-16/h5-8,14H,3-4,9-10,12-13H2,1-2H3,(H,26,30). The van der Waals surface area contributed by atoms with E-state index in [9.17, 15) is 10.1 Å². The van der Waals surface area contributed by atoms with Gasteiger partial charge < -0.3 is 14.6 Å². The summed E-state index contributed by atoms with van der Waals surface area (Å²) in [6.45, 7) is 2.46. The number of amides is 1. The highest BCUT2D eigenvalue weighted by Gasteiger charge is 2.25. The van der Waals surface area contributed by atoms with E-state index in [0.29, 0.717) is 38.2 Å². The number of carbonyl (C=O) groups is 1. The number of ether oxygens (including phenoxy) is 1. The molecule has 1 amide bonds. The molecule has 4 rings (SSSR count). The van der Waals surface area contributed by atoms with Gasteiger partial charge in [-0.05, 0) is 55.0 Å². The number of aromatic nitrogens is 3. The molecule has 1 unspecified atom stereocenters. The Labute approximate surface area is 206 Å². The first-order chi connectivity index (χ1) is 16.0. The molecule has 2 aromatic heterocycles. The van der Waals surface area contributed by atoms with Gasteiger partial charge in [-0.25, -0.2) is 0 Å². The van der Waals surface area contributed by atoms with Crippen LogP contribution >= 0.6 is 34.7 Å². The van der Waals surface area contributed by atoms with E-state index in [1.807, 2.05) is 11.6 Å². The highest BCUT2D eigenvalue weighted by molar-refractivity contribution is 7.99. The molecule has 1 N–H and O–H groups in total. The van der Waals surface area contributed by atoms with Crippen LogP contribution in [0.15, 0.2) is 29.4 Å². The van der Waals surface area contributed by atoms with Crippen LogP contribution in [0.5, 0.6) is 5.75 Å². The number of rotatable bonds is 8. The van der Waals surface area contributed by atoms with Crippen LogP contribution in [0.1, 0.15) is 41.6 Å². The predicted octanol–water partition coefficient (Wildman–Crippen LogP) is 5.23. The second kappa shape index (κ2) is 10.6. The summed E-state index contributed by atoms with van der Waals surface area (Å²) in [5.41, 5.74) is 1.75. The van der Waals surface area contributed by atoms with Gasteiger partial charge in [0.25, 0.3) is 0 Å². The van der Waals surface area contributed by atoms with Crippen molar-refractivity contribution in [3.63, 3.8) is 0 Å². The van der Waals surface area contributed by atoms with Crippen molar-refractivity contribution in [2.45, 2.75) is 44.4 Å². The Hall–Kier alpha value is -2.54. The van der Waals surface area contributed by atoms with Crippen LogP contribution in [-0.2, 0) is 31.3 Å². The summed E-state index contributed by atoms with van der Waals surface area (Å²) in [6.07, 6.45) is 4.16. The third-order valence-electron chi connectivity index (χ3n) is 5.75. The smallest absolute Gasteiger partial charge is 0.235 e. The second-order valence-electron chi connectivity index (χ2n) is 7.87. The Morgan fingerprint density at radius 3 is 2.91 bits per heavy atom. The molecule has 2 heterocycles. The molecule has 0 aliphatic heterocycles. The molecule has 172 valence electrons. The third-order valence-corrected chi connectivity index (χ3v) is 8.19. The van der Waals surface area contributed by atoms with Crippen LogP contribution < -0.4 is 10.1 Å². The lowest BCUT2D eigenvalue weighted by molar-refractivity contribution is -0.113. The maximum atomic E-state index is 12.6. The van der Waals surface area contributed by atoms with Crippen molar-refractivity contribution in [1.82, 2.24) is 14.8 Å². The van der Waals surface area contributed by atoms with Gasteiger partial charge in [0.05, 0.1) is 11.3 Å². The fourth-order valence-corrected chi connectivity index (χ4v) is 5.96. The third kappa shape index (κ3) is 5.52. The number of thiophene rings is 1. The van der Waals surface area contributed by atoms with E-state index in [1.54, 1.807) is 35.6 Å². The molecule has 3 aromatic rings. The van der Waals surface area contributed by atoms with Crippen molar-refractivity contribution in [1.29, 1.82) is 5.26 Å². The van der Waals surface area contributed by atoms with Crippen LogP contribution in [0, 0.1) is 17.2 Å². The van der Waals surface area contributed by atoms with Crippen molar-refractivity contribution in [3.05, 3.63) is 51.1 Å². The zero-order chi connectivity index (χ0) is 23.4. The Balaban J connectivity index is 1.34. The normalized spacial score (nSPS) is 15.0. The summed E-state index contributed by atoms with van der Waals surface area (Å²) < 4.78 is 7.54. The van der Waals surface area contributed by atoms with E-state index >= 15 is 0 Å². The molecule has 0 saturated carbocycles. The van der Waals surface area contributed by atoms with Crippen molar-refractivity contribution in [3.8, 4) is 11.8 Å². The molecule has 0 bridgehead atoms. The van der Waals surface area contributed by atoms with Crippen molar-refractivity contribution < 1.29 is 9.53 Å². The largest absolute Gasteiger partial charge is 0.486 e. The average molecular weight is 502 g/mol. The van der Waals surface area contributed by atoms with Crippen LogP contribution in [0.2, 0.25) is 5.02 Å². The second-order valence-corrected chi connectivity index (χ2v) is 10.4. The fourth-order valence-electron chi connectivity index (χ4n) is 3.78. The van der Waals surface area contributed by atoms with Gasteiger partial charge in [0.1, 0.15) is 23.4 Å². The van der Waals surface area contributed by atoms with Gasteiger partial charge >= 0.3 is 0 Å². The molecule has 1 atom stereocenters. The maximum Gasteiger partial charge on any atom is 0.235 e. The SMILES string of the molecule is CCC1CCc2c(sc(NC(=O)CSc3nnc(COc4ccc(Cl)cc4)n3C)c2C#N)C1. The first-order valence-electron chi connectivity index (χ1n) is 10.7. The number of nitrogens with one attached hydrogen (secondary N) is 1. The lowest BCUT2D eigenvalue weighted by Crippen LogP contribution is -2.15. The van der Waals surface area contributed by atoms with Gasteiger partial charge in [0.2, 0.25) is 5.91 Å². The molecule has 33 heavy (non-hydrogen) atoms. The molecule has 0 saturated heterocycles. The molecule has 0 spiro atoms. The topological polar surface area (TPSA) is 92.8 Å². The molecule has 1 aromatic carbocycles. The Morgan fingerprint density at radius 1 is 1.39 bits per heavy atom. The first-order valence-corrected chi connectivity index (χ1v) is 12.9. The zero-order valence-corrected chi connectivity index (χ0v) is 20.8. The van der Waals surface area contributed by atoms with Gasteiger partial charge in [-0.15, -0.1) is 21.5 Å². The number of nitrogens with zero attached hydrogens (tertiary/aromatic N) is 4. The van der Waals surface area contributed by atoms with Gasteiger partial charge in [0.15, 0.2) is 11.0 Å². The monoisotopic (exact) mass is 501 g/mol. The minimum atomic E-state index is -0.163. The van der Waals surface area contributed by atoms with E-state index in [-0.39, 0.29) is 18.3 Å². The van der Waals surface area contributed by atoms with Crippen LogP contribution in [0.25, 0.3) is 0 Å². The highest BCUT2D eigenvalue weighted by atomic mass is 35.5. The average Bonchev–Trinajstić information content (AvgIpc) is 3.35. The van der Waals surface area contributed by atoms with Crippen LogP contribution in [0.4, 0.5) is 5.00 Å². The molecular weight excluding hydrogens is 478 g/mol. The van der Waals surface area contributed by atoms with Crippen LogP contribution in [0.3, 0.4) is 0 Å². The predicted molar refractivity (Wildman–Crippen MR) is 131 cm³/mol. The lowest BCUT2D eigenvalue weighted by Gasteiger charge is -2.20. The number of carbonyl (C=O) groups excluding carboxylic acids is 1. The summed E-state index contributed by atoms with van der Waals surface area (Å²) in [5, 5.41) is 22.9. The summed E-state index contributed by atoms with van der Waals surface area (Å²) in [6, 6.07) is 9.40. The minimum Gasteiger partial charge on any atom is -0.486 e. The summed E-state index contributed by atoms with van der Waals surface area (Å²) in [5.74, 6) is 2.01. The number of nitriles is 1. The van der Waals surface area contributed by atoms with Crippen molar-refractivity contribution >= 4 is 45.6 Å². The minimum absolute atomic E-state index is 0.163. The number of halogens is 1. The molecule has 10 heteroatoms. The van der Waals surface area contributed by atoms with E-state index in [1.165, 1.54) is 16.6 Å². The van der Waals surface area contributed by atoms with E-state index < -0.39 is 0 Å². The number of anilines is 1. The Morgan fingerprint density at radius 2 is 2.18 bits per heavy atom. The summed E-state index contributed by atoms with van der Waals surface area (Å²) in [7, 11) is 1.84. The number of benzene rings is 1. The van der Waals surface area contributed by atoms with Gasteiger partial charge in [0, 0.05) is 16.9 Å². The van der Waals surface area contributed by atoms with E-state index in [2.05, 4.69) is 28.5 Å². The molecule has 0 radical (unpaired) electrons. The number of fused-ring (bicyclic) bond motifs is 1. The summed E-state index contributed by atoms with van der Waals surface area (Å²) in [4.78, 5) is 13.9. The fraction of sp³-hybridized carbons (Fsp3) is 0.391.